The van der Waals surface area contributed by atoms with E-state index < -0.39 is 17.3 Å². The molecule has 0 radical (unpaired) electrons. The van der Waals surface area contributed by atoms with Gasteiger partial charge in [-0.25, -0.2) is 0 Å². The number of aryl methyl sites for hydroxylation is 1. The van der Waals surface area contributed by atoms with Crippen molar-refractivity contribution in [3.8, 4) is 11.3 Å². The maximum atomic E-state index is 13.8. The van der Waals surface area contributed by atoms with Gasteiger partial charge in [0.2, 0.25) is 0 Å². The molecule has 0 fully saturated rings. The van der Waals surface area contributed by atoms with Crippen molar-refractivity contribution in [2.24, 2.45) is 0 Å². The topological polar surface area (TPSA) is 17.2 Å². The summed E-state index contributed by atoms with van der Waals surface area (Å²) in [5.74, 6) is -1.83. The Morgan fingerprint density at radius 3 is 2.60 bits per heavy atom. The van der Waals surface area contributed by atoms with E-state index in [4.69, 9.17) is 6.57 Å². The number of pyridine rings is 1. The van der Waals surface area contributed by atoms with Gasteiger partial charge in [0.1, 0.15) is 0 Å². The van der Waals surface area contributed by atoms with Crippen molar-refractivity contribution >= 4 is 15.3 Å². The van der Waals surface area contributed by atoms with Crippen molar-refractivity contribution < 1.29 is 26.7 Å². The van der Waals surface area contributed by atoms with Crippen LogP contribution in [0, 0.1) is 38.6 Å². The van der Waals surface area contributed by atoms with Gasteiger partial charge < -0.3 is 12.4 Å². The van der Waals surface area contributed by atoms with Gasteiger partial charge >= 0.3 is 27.5 Å². The first-order valence-electron chi connectivity index (χ1n) is 4.96. The van der Waals surface area contributed by atoms with E-state index in [-0.39, 0.29) is 13.0 Å². The van der Waals surface area contributed by atoms with Gasteiger partial charge in [0.25, 0.3) is 0 Å². The molecule has 1 aromatic carbocycles. The molecule has 106 valence electrons. The molecule has 0 aliphatic heterocycles. The zero-order valence-corrected chi connectivity index (χ0v) is 13.8. The summed E-state index contributed by atoms with van der Waals surface area (Å²) >= 11 is 1.47. The van der Waals surface area contributed by atoms with Crippen LogP contribution in [0.2, 0.25) is 0 Å². The molecule has 2 aromatic rings. The average molecular weight is 472 g/mol. The molecule has 0 aliphatic carbocycles. The predicted molar refractivity (Wildman–Crippen MR) is 71.7 cm³/mol. The average Bonchev–Trinajstić information content (AvgIpc) is 2.41. The quantitative estimate of drug-likeness (QED) is 0.545. The van der Waals surface area contributed by atoms with E-state index in [1.807, 2.05) is 6.92 Å². The summed E-state index contributed by atoms with van der Waals surface area (Å²) in [6.45, 7) is 8.57. The second kappa shape index (κ2) is 8.76. The van der Waals surface area contributed by atoms with Crippen LogP contribution in [0.15, 0.2) is 24.4 Å². The summed E-state index contributed by atoms with van der Waals surface area (Å²) in [4.78, 5) is 6.81. The van der Waals surface area contributed by atoms with Gasteiger partial charge in [-0.15, -0.1) is 17.7 Å². The summed E-state index contributed by atoms with van der Waals surface area (Å²) in [7, 11) is 4.64. The van der Waals surface area contributed by atoms with Crippen molar-refractivity contribution in [2.45, 2.75) is 6.92 Å². The molecule has 0 spiro atoms. The number of aromatic nitrogens is 1. The normalized spacial score (nSPS) is 8.80. The Balaban J connectivity index is 0.00000115. The Bertz CT molecular complexity index is 627. The van der Waals surface area contributed by atoms with Crippen LogP contribution >= 0.6 is 9.58 Å². The molecule has 1 aromatic heterocycles. The minimum atomic E-state index is -0.918. The third-order valence-electron chi connectivity index (χ3n) is 2.28. The summed E-state index contributed by atoms with van der Waals surface area (Å²) in [6, 6.07) is 6.84. The van der Waals surface area contributed by atoms with E-state index in [9.17, 15) is 8.78 Å². The monoisotopic (exact) mass is 472 g/mol. The van der Waals surface area contributed by atoms with Crippen molar-refractivity contribution in [1.29, 1.82) is 0 Å². The second-order valence-electron chi connectivity index (χ2n) is 3.50. The van der Waals surface area contributed by atoms with Crippen LogP contribution in [0.5, 0.6) is 0 Å². The molecule has 6 heteroatoms. The van der Waals surface area contributed by atoms with Crippen LogP contribution in [0.3, 0.4) is 0 Å². The van der Waals surface area contributed by atoms with E-state index >= 15 is 0 Å². The number of nitrogens with zero attached hydrogens (tertiary/aromatic N) is 2. The molecule has 0 unspecified atom stereocenters. The SMILES string of the molecule is [C-]#[N+]c1c(F)c[c-]c(-c2cc(C)ccn2)c1F.[CH3-].[Cl][Ir+2]. The van der Waals surface area contributed by atoms with Gasteiger partial charge in [0.15, 0.2) is 5.69 Å². The fraction of sp³-hybridized carbons (Fsp3) is 0.0714. The summed E-state index contributed by atoms with van der Waals surface area (Å²) in [5.41, 5.74) is 0.632. The first kappa shape index (κ1) is 18.7. The second-order valence-corrected chi connectivity index (χ2v) is 3.50. The Hall–Kier alpha value is -1.34. The molecule has 0 aliphatic rings. The molecule has 0 atom stereocenters. The van der Waals surface area contributed by atoms with Crippen LogP contribution in [-0.2, 0) is 17.9 Å². The number of hydrogen-bond acceptors (Lipinski definition) is 1. The first-order valence-corrected chi connectivity index (χ1v) is 7.93. The molecule has 0 amide bonds. The van der Waals surface area contributed by atoms with Crippen molar-refractivity contribution in [3.05, 3.63) is 66.5 Å². The fourth-order valence-corrected chi connectivity index (χ4v) is 1.45. The van der Waals surface area contributed by atoms with Crippen molar-refractivity contribution in [2.75, 3.05) is 0 Å². The van der Waals surface area contributed by atoms with E-state index in [1.54, 1.807) is 12.1 Å². The number of benzene rings is 1. The van der Waals surface area contributed by atoms with E-state index in [0.717, 1.165) is 11.6 Å². The number of hydrogen-bond donors (Lipinski definition) is 0. The van der Waals surface area contributed by atoms with Gasteiger partial charge in [-0.05, 0) is 18.7 Å². The van der Waals surface area contributed by atoms with Gasteiger partial charge in [-0.1, -0.05) is 11.6 Å². The molecule has 0 saturated carbocycles. The fourth-order valence-electron chi connectivity index (χ4n) is 1.45. The van der Waals surface area contributed by atoms with E-state index in [0.29, 0.717) is 5.69 Å². The number of rotatable bonds is 1. The molecule has 0 saturated heterocycles. The van der Waals surface area contributed by atoms with Crippen LogP contribution in [0.4, 0.5) is 14.5 Å². The van der Waals surface area contributed by atoms with Crippen molar-refractivity contribution in [3.63, 3.8) is 0 Å². The predicted octanol–water partition coefficient (Wildman–Crippen LogP) is 4.82. The molecular formula is C14H10ClF2IrN2. The Labute approximate surface area is 131 Å². The molecule has 20 heavy (non-hydrogen) atoms. The molecule has 2 rings (SSSR count). The Morgan fingerprint density at radius 1 is 1.40 bits per heavy atom. The van der Waals surface area contributed by atoms with Gasteiger partial charge in [-0.3, -0.25) is 13.6 Å². The zero-order chi connectivity index (χ0) is 14.4. The minimum absolute atomic E-state index is 0. The molecule has 0 N–H and O–H groups in total. The summed E-state index contributed by atoms with van der Waals surface area (Å²) in [6.07, 6.45) is 1.53. The van der Waals surface area contributed by atoms with Gasteiger partial charge in [0, 0.05) is 17.8 Å². The summed E-state index contributed by atoms with van der Waals surface area (Å²) in [5, 5.41) is 0. The van der Waals surface area contributed by atoms with Crippen molar-refractivity contribution in [1.82, 2.24) is 4.98 Å². The standard InChI is InChI=1S/C13H7F2N2.CH3.ClH.Ir/c1-8-5-6-17-11(7-8)9-3-4-10(14)13(16-2)12(9)15;;;/h4-7H,1H3;1H3;1H;/q2*-1;;+3/p-1. The van der Waals surface area contributed by atoms with E-state index in [1.165, 1.54) is 24.1 Å². The Morgan fingerprint density at radius 2 is 2.05 bits per heavy atom. The zero-order valence-electron chi connectivity index (χ0n) is 10.7. The van der Waals surface area contributed by atoms with Gasteiger partial charge in [0.05, 0.1) is 6.57 Å². The number of halogens is 3. The molecule has 1 heterocycles. The molecule has 2 nitrogen and oxygen atoms in total. The van der Waals surface area contributed by atoms with Crippen LogP contribution < -0.4 is 0 Å². The third kappa shape index (κ3) is 4.08. The van der Waals surface area contributed by atoms with Crippen LogP contribution in [0.1, 0.15) is 5.56 Å². The first-order chi connectivity index (χ1) is 9.13. The van der Waals surface area contributed by atoms with Crippen LogP contribution in [0.25, 0.3) is 16.1 Å². The van der Waals surface area contributed by atoms with Crippen LogP contribution in [-0.4, -0.2) is 4.98 Å². The van der Waals surface area contributed by atoms with E-state index in [2.05, 4.69) is 25.5 Å². The third-order valence-corrected chi connectivity index (χ3v) is 2.28. The molecular weight excluding hydrogens is 462 g/mol. The van der Waals surface area contributed by atoms with Gasteiger partial charge in [-0.2, -0.15) is 0 Å². The Kier molecular flexibility index (Phi) is 8.17. The summed E-state index contributed by atoms with van der Waals surface area (Å²) < 4.78 is 26.9. The molecule has 0 bridgehead atoms. The maximum absolute atomic E-state index is 13.8.